The lowest BCUT2D eigenvalue weighted by molar-refractivity contribution is -0.122. The number of pyridine rings is 1. The van der Waals surface area contributed by atoms with Gasteiger partial charge < -0.3 is 15.2 Å². The molecular formula is C25H29N5O3S. The first kappa shape index (κ1) is 23.8. The van der Waals surface area contributed by atoms with E-state index in [4.69, 9.17) is 12.2 Å². The van der Waals surface area contributed by atoms with Crippen LogP contribution < -0.4 is 10.9 Å². The van der Waals surface area contributed by atoms with Gasteiger partial charge in [0.25, 0.3) is 11.5 Å². The number of nitrogens with zero attached hydrogens (tertiary/aromatic N) is 3. The predicted molar refractivity (Wildman–Crippen MR) is 133 cm³/mol. The van der Waals surface area contributed by atoms with E-state index in [0.29, 0.717) is 41.8 Å². The molecule has 2 N–H and O–H groups in total. The Balaban J connectivity index is 1.16. The molecule has 3 aromatic rings. The molecule has 0 radical (unpaired) electrons. The summed E-state index contributed by atoms with van der Waals surface area (Å²) in [5.74, 6) is 0.0524. The Kier molecular flexibility index (Phi) is 7.84. The third-order valence-electron chi connectivity index (χ3n) is 6.25. The van der Waals surface area contributed by atoms with Gasteiger partial charge in [-0.25, -0.2) is 0 Å². The van der Waals surface area contributed by atoms with Crippen molar-refractivity contribution in [2.24, 2.45) is 0 Å². The van der Waals surface area contributed by atoms with Crippen LogP contribution in [0.25, 0.3) is 10.9 Å². The Labute approximate surface area is 203 Å². The lowest BCUT2D eigenvalue weighted by Crippen LogP contribution is -2.46. The number of benzene rings is 1. The molecule has 9 heteroatoms. The maximum Gasteiger partial charge on any atom is 0.262 e. The van der Waals surface area contributed by atoms with E-state index in [9.17, 15) is 14.4 Å². The van der Waals surface area contributed by atoms with Gasteiger partial charge in [0.05, 0.1) is 10.9 Å². The zero-order valence-electron chi connectivity index (χ0n) is 19.0. The average Bonchev–Trinajstić information content (AvgIpc) is 2.86. The Bertz CT molecular complexity index is 1260. The molecule has 2 aromatic heterocycles. The van der Waals surface area contributed by atoms with Crippen molar-refractivity contribution < 1.29 is 9.59 Å². The zero-order valence-corrected chi connectivity index (χ0v) is 19.9. The Morgan fingerprint density at radius 3 is 2.56 bits per heavy atom. The van der Waals surface area contributed by atoms with Crippen molar-refractivity contribution in [1.82, 2.24) is 24.8 Å². The Hall–Kier alpha value is -3.33. The molecule has 178 valence electrons. The summed E-state index contributed by atoms with van der Waals surface area (Å²) in [6, 6.07) is 10.9. The number of aromatic nitrogens is 3. The zero-order chi connectivity index (χ0) is 23.9. The summed E-state index contributed by atoms with van der Waals surface area (Å²) in [4.78, 5) is 46.4. The van der Waals surface area contributed by atoms with Crippen LogP contribution in [0.3, 0.4) is 0 Å². The van der Waals surface area contributed by atoms with Crippen LogP contribution in [-0.4, -0.2) is 50.4 Å². The highest BCUT2D eigenvalue weighted by molar-refractivity contribution is 7.71. The highest BCUT2D eigenvalue weighted by Crippen LogP contribution is 2.14. The van der Waals surface area contributed by atoms with Crippen LogP contribution in [-0.2, 0) is 11.3 Å². The van der Waals surface area contributed by atoms with Gasteiger partial charge in [-0.1, -0.05) is 18.6 Å². The van der Waals surface area contributed by atoms with Gasteiger partial charge >= 0.3 is 0 Å². The van der Waals surface area contributed by atoms with Crippen LogP contribution >= 0.6 is 12.2 Å². The SMILES string of the molecule is O=C(CCCCCn1c(=S)[nH]c2ccccc2c1=O)NC1CCN(C(=O)c2ccncc2)CC1. The van der Waals surface area contributed by atoms with Crippen LogP contribution in [0.1, 0.15) is 48.9 Å². The topological polar surface area (TPSA) is 100 Å². The summed E-state index contributed by atoms with van der Waals surface area (Å²) in [6.45, 7) is 1.80. The van der Waals surface area contributed by atoms with Crippen LogP contribution in [0.2, 0.25) is 0 Å². The first-order valence-corrected chi connectivity index (χ1v) is 12.1. The number of hydrogen-bond donors (Lipinski definition) is 2. The van der Waals surface area contributed by atoms with Gasteiger partial charge in [0.15, 0.2) is 4.77 Å². The van der Waals surface area contributed by atoms with E-state index in [0.717, 1.165) is 37.6 Å². The smallest absolute Gasteiger partial charge is 0.262 e. The molecule has 1 saturated heterocycles. The molecule has 1 fully saturated rings. The van der Waals surface area contributed by atoms with Gasteiger partial charge in [0.2, 0.25) is 5.91 Å². The molecule has 0 spiro atoms. The van der Waals surface area contributed by atoms with Crippen molar-refractivity contribution in [1.29, 1.82) is 0 Å². The number of rotatable bonds is 8. The number of carbonyl (C=O) groups is 2. The van der Waals surface area contributed by atoms with Crippen molar-refractivity contribution in [3.8, 4) is 0 Å². The largest absolute Gasteiger partial charge is 0.353 e. The van der Waals surface area contributed by atoms with Crippen molar-refractivity contribution in [2.45, 2.75) is 51.1 Å². The fourth-order valence-corrected chi connectivity index (χ4v) is 4.62. The number of fused-ring (bicyclic) bond motifs is 1. The maximum absolute atomic E-state index is 12.7. The number of H-pyrrole nitrogens is 1. The van der Waals surface area contributed by atoms with E-state index >= 15 is 0 Å². The summed E-state index contributed by atoms with van der Waals surface area (Å²) in [7, 11) is 0. The minimum atomic E-state index is -0.0779. The third kappa shape index (κ3) is 5.77. The Morgan fingerprint density at radius 1 is 1.06 bits per heavy atom. The molecule has 2 amide bonds. The molecule has 0 atom stereocenters. The fraction of sp³-hybridized carbons (Fsp3) is 0.400. The highest BCUT2D eigenvalue weighted by Gasteiger charge is 2.24. The van der Waals surface area contributed by atoms with Crippen molar-refractivity contribution >= 4 is 34.9 Å². The van der Waals surface area contributed by atoms with Crippen LogP contribution in [0.4, 0.5) is 0 Å². The number of piperidine rings is 1. The van der Waals surface area contributed by atoms with Crippen LogP contribution in [0.5, 0.6) is 0 Å². The van der Waals surface area contributed by atoms with Gasteiger partial charge in [-0.15, -0.1) is 0 Å². The molecule has 3 heterocycles. The van der Waals surface area contributed by atoms with Crippen molar-refractivity contribution in [2.75, 3.05) is 13.1 Å². The van der Waals surface area contributed by atoms with E-state index < -0.39 is 0 Å². The number of unbranched alkanes of at least 4 members (excludes halogenated alkanes) is 2. The van der Waals surface area contributed by atoms with Crippen LogP contribution in [0, 0.1) is 4.77 Å². The van der Waals surface area contributed by atoms with E-state index in [1.165, 1.54) is 0 Å². The van der Waals surface area contributed by atoms with E-state index in [2.05, 4.69) is 15.3 Å². The molecule has 4 rings (SSSR count). The number of hydrogen-bond acceptors (Lipinski definition) is 5. The number of nitrogens with one attached hydrogen (secondary N) is 2. The average molecular weight is 480 g/mol. The lowest BCUT2D eigenvalue weighted by Gasteiger charge is -2.32. The molecule has 0 unspecified atom stereocenters. The summed E-state index contributed by atoms with van der Waals surface area (Å²) in [5, 5.41) is 3.73. The van der Waals surface area contributed by atoms with Crippen molar-refractivity contribution in [3.05, 3.63) is 69.5 Å². The van der Waals surface area contributed by atoms with E-state index in [-0.39, 0.29) is 23.4 Å². The van der Waals surface area contributed by atoms with Gasteiger partial charge in [-0.3, -0.25) is 23.9 Å². The molecular weight excluding hydrogens is 450 g/mol. The molecule has 0 saturated carbocycles. The summed E-state index contributed by atoms with van der Waals surface area (Å²) < 4.78 is 2.02. The molecule has 1 aliphatic rings. The van der Waals surface area contributed by atoms with Gasteiger partial charge in [-0.05, 0) is 62.2 Å². The first-order chi connectivity index (χ1) is 16.5. The molecule has 8 nitrogen and oxygen atoms in total. The molecule has 0 bridgehead atoms. The molecule has 0 aliphatic carbocycles. The summed E-state index contributed by atoms with van der Waals surface area (Å²) >= 11 is 5.35. The molecule has 1 aliphatic heterocycles. The monoisotopic (exact) mass is 479 g/mol. The minimum Gasteiger partial charge on any atom is -0.353 e. The number of para-hydroxylation sites is 1. The van der Waals surface area contributed by atoms with E-state index in [1.807, 2.05) is 23.1 Å². The highest BCUT2D eigenvalue weighted by atomic mass is 32.1. The fourth-order valence-electron chi connectivity index (χ4n) is 4.34. The molecule has 1 aromatic carbocycles. The minimum absolute atomic E-state index is 0.0116. The number of amides is 2. The standard InChI is InChI=1S/C25H29N5O3S/c31-22(27-19-11-16-29(17-12-19)23(32)18-9-13-26-14-10-18)8-2-1-5-15-30-24(33)20-6-3-4-7-21(20)28-25(30)34/h3-4,6-7,9-10,13-14,19H,1-2,5,8,11-12,15-17H2,(H,27,31)(H,28,34). The van der Waals surface area contributed by atoms with Gasteiger partial charge in [0, 0.05) is 50.1 Å². The van der Waals surface area contributed by atoms with E-state index in [1.54, 1.807) is 35.2 Å². The van der Waals surface area contributed by atoms with Gasteiger partial charge in [-0.2, -0.15) is 0 Å². The second-order valence-corrected chi connectivity index (χ2v) is 9.00. The third-order valence-corrected chi connectivity index (χ3v) is 6.57. The van der Waals surface area contributed by atoms with Gasteiger partial charge in [0.1, 0.15) is 0 Å². The molecule has 34 heavy (non-hydrogen) atoms. The second kappa shape index (κ2) is 11.2. The number of likely N-dealkylation sites (tertiary alicyclic amines) is 1. The summed E-state index contributed by atoms with van der Waals surface area (Å²) in [6.07, 6.45) is 7.57. The number of carbonyl (C=O) groups excluding carboxylic acids is 2. The first-order valence-electron chi connectivity index (χ1n) is 11.7. The Morgan fingerprint density at radius 2 is 1.79 bits per heavy atom. The second-order valence-electron chi connectivity index (χ2n) is 8.61. The number of aromatic amines is 1. The maximum atomic E-state index is 12.7. The predicted octanol–water partition coefficient (Wildman–Crippen LogP) is 3.44. The summed E-state index contributed by atoms with van der Waals surface area (Å²) in [5.41, 5.74) is 1.31. The normalized spacial score (nSPS) is 14.3. The quantitative estimate of drug-likeness (QED) is 0.381. The van der Waals surface area contributed by atoms with Crippen molar-refractivity contribution in [3.63, 3.8) is 0 Å². The van der Waals surface area contributed by atoms with Crippen LogP contribution in [0.15, 0.2) is 53.6 Å². The lowest BCUT2D eigenvalue weighted by atomic mass is 10.0.